The minimum atomic E-state index is -0.365. The third-order valence-electron chi connectivity index (χ3n) is 4.31. The fraction of sp³-hybridized carbons (Fsp3) is 0.182. The molecule has 3 aromatic rings. The zero-order valence-corrected chi connectivity index (χ0v) is 16.6. The summed E-state index contributed by atoms with van der Waals surface area (Å²) >= 11 is 0. The Bertz CT molecular complexity index is 1050. The highest BCUT2D eigenvalue weighted by molar-refractivity contribution is 6.03. The molecule has 0 bridgehead atoms. The Kier molecular flexibility index (Phi) is 6.19. The van der Waals surface area contributed by atoms with Gasteiger partial charge in [0.15, 0.2) is 0 Å². The summed E-state index contributed by atoms with van der Waals surface area (Å²) in [6, 6.07) is 14.5. The molecule has 0 unspecified atom stereocenters. The second-order valence-electron chi connectivity index (χ2n) is 6.57. The maximum atomic E-state index is 12.6. The molecule has 148 valence electrons. The highest BCUT2D eigenvalue weighted by Crippen LogP contribution is 2.24. The van der Waals surface area contributed by atoms with E-state index < -0.39 is 0 Å². The summed E-state index contributed by atoms with van der Waals surface area (Å²) in [6.07, 6.45) is 2.41. The molecule has 2 aromatic carbocycles. The number of rotatable bonds is 6. The molecule has 0 saturated carbocycles. The van der Waals surface area contributed by atoms with Gasteiger partial charge in [0.25, 0.3) is 5.91 Å². The number of hydrogen-bond acceptors (Lipinski definition) is 5. The Hall–Kier alpha value is -3.74. The first-order valence-electron chi connectivity index (χ1n) is 9.34. The van der Waals surface area contributed by atoms with Crippen LogP contribution in [0.15, 0.2) is 54.7 Å². The first-order valence-corrected chi connectivity index (χ1v) is 9.34. The molecule has 0 radical (unpaired) electrons. The monoisotopic (exact) mass is 389 g/mol. The lowest BCUT2D eigenvalue weighted by Gasteiger charge is -2.13. The van der Waals surface area contributed by atoms with E-state index in [-0.39, 0.29) is 17.5 Å². The van der Waals surface area contributed by atoms with E-state index >= 15 is 0 Å². The van der Waals surface area contributed by atoms with Crippen molar-refractivity contribution in [2.45, 2.75) is 27.2 Å². The number of carbonyl (C=O) groups excluding carboxylic acids is 2. The molecule has 1 aromatic heterocycles. The Balaban J connectivity index is 1.78. The van der Waals surface area contributed by atoms with E-state index in [0.29, 0.717) is 17.3 Å². The Morgan fingerprint density at radius 1 is 1.00 bits per heavy atom. The van der Waals surface area contributed by atoms with Gasteiger partial charge in [-0.05, 0) is 48.7 Å². The molecule has 0 fully saturated rings. The third kappa shape index (κ3) is 5.16. The molecule has 0 saturated heterocycles. The summed E-state index contributed by atoms with van der Waals surface area (Å²) in [5, 5.41) is 8.71. The van der Waals surface area contributed by atoms with Crippen LogP contribution in [0.5, 0.6) is 0 Å². The number of amides is 2. The van der Waals surface area contributed by atoms with Crippen LogP contribution in [-0.2, 0) is 11.2 Å². The number of hydrogen-bond donors (Lipinski definition) is 3. The van der Waals surface area contributed by atoms with Gasteiger partial charge in [-0.15, -0.1) is 0 Å². The maximum absolute atomic E-state index is 12.6. The Morgan fingerprint density at radius 3 is 2.45 bits per heavy atom. The van der Waals surface area contributed by atoms with Gasteiger partial charge in [-0.2, -0.15) is 0 Å². The normalized spacial score (nSPS) is 10.3. The molecule has 0 aliphatic heterocycles. The van der Waals surface area contributed by atoms with Crippen molar-refractivity contribution in [3.63, 3.8) is 0 Å². The van der Waals surface area contributed by atoms with E-state index in [1.807, 2.05) is 25.1 Å². The predicted molar refractivity (Wildman–Crippen MR) is 115 cm³/mol. The second kappa shape index (κ2) is 8.97. The van der Waals surface area contributed by atoms with Crippen molar-refractivity contribution >= 4 is 34.8 Å². The first-order chi connectivity index (χ1) is 14.0. The number of benzene rings is 2. The molecule has 2 amide bonds. The van der Waals surface area contributed by atoms with E-state index in [9.17, 15) is 9.59 Å². The van der Waals surface area contributed by atoms with Gasteiger partial charge < -0.3 is 16.0 Å². The van der Waals surface area contributed by atoms with Crippen molar-refractivity contribution in [3.8, 4) is 0 Å². The predicted octanol–water partition coefficient (Wildman–Crippen LogP) is 4.30. The number of aryl methyl sites for hydroxylation is 2. The van der Waals surface area contributed by atoms with Crippen LogP contribution in [0, 0.1) is 6.92 Å². The number of carbonyl (C=O) groups is 2. The number of nitrogens with zero attached hydrogens (tertiary/aromatic N) is 2. The molecular formula is C22H23N5O2. The quantitative estimate of drug-likeness (QED) is 0.584. The van der Waals surface area contributed by atoms with Crippen LogP contribution >= 0.6 is 0 Å². The highest BCUT2D eigenvalue weighted by atomic mass is 16.2. The lowest BCUT2D eigenvalue weighted by Crippen LogP contribution is -2.15. The van der Waals surface area contributed by atoms with Crippen LogP contribution < -0.4 is 16.0 Å². The lowest BCUT2D eigenvalue weighted by molar-refractivity contribution is -0.114. The molecule has 1 heterocycles. The maximum Gasteiger partial charge on any atom is 0.274 e. The van der Waals surface area contributed by atoms with Crippen LogP contribution in [-0.4, -0.2) is 21.8 Å². The van der Waals surface area contributed by atoms with E-state index in [1.165, 1.54) is 6.92 Å². The van der Waals surface area contributed by atoms with Gasteiger partial charge in [-0.3, -0.25) is 9.59 Å². The smallest absolute Gasteiger partial charge is 0.274 e. The van der Waals surface area contributed by atoms with Crippen LogP contribution in [0.2, 0.25) is 0 Å². The zero-order chi connectivity index (χ0) is 20.8. The first kappa shape index (κ1) is 20.0. The fourth-order valence-electron chi connectivity index (χ4n) is 2.93. The summed E-state index contributed by atoms with van der Waals surface area (Å²) in [5.41, 5.74) is 4.58. The van der Waals surface area contributed by atoms with Crippen molar-refractivity contribution in [2.75, 3.05) is 16.0 Å². The Labute approximate surface area is 169 Å². The molecule has 7 heteroatoms. The van der Waals surface area contributed by atoms with Crippen molar-refractivity contribution in [3.05, 3.63) is 71.5 Å². The summed E-state index contributed by atoms with van der Waals surface area (Å²) in [7, 11) is 0. The van der Waals surface area contributed by atoms with Gasteiger partial charge >= 0.3 is 0 Å². The topological polar surface area (TPSA) is 96.0 Å². The van der Waals surface area contributed by atoms with Gasteiger partial charge in [0.05, 0.1) is 0 Å². The van der Waals surface area contributed by atoms with Crippen LogP contribution in [0.25, 0.3) is 0 Å². The summed E-state index contributed by atoms with van der Waals surface area (Å²) < 4.78 is 0. The lowest BCUT2D eigenvalue weighted by atomic mass is 10.1. The van der Waals surface area contributed by atoms with Crippen molar-refractivity contribution in [1.82, 2.24) is 9.97 Å². The van der Waals surface area contributed by atoms with Crippen molar-refractivity contribution in [1.29, 1.82) is 0 Å². The van der Waals surface area contributed by atoms with Gasteiger partial charge in [0.1, 0.15) is 5.69 Å². The molecule has 0 spiro atoms. The van der Waals surface area contributed by atoms with Gasteiger partial charge in [-0.1, -0.05) is 31.2 Å². The Morgan fingerprint density at radius 2 is 1.72 bits per heavy atom. The average Bonchev–Trinajstić information content (AvgIpc) is 2.69. The van der Waals surface area contributed by atoms with Crippen LogP contribution in [0.1, 0.15) is 35.5 Å². The van der Waals surface area contributed by atoms with Crippen molar-refractivity contribution in [2.24, 2.45) is 0 Å². The summed E-state index contributed by atoms with van der Waals surface area (Å²) in [4.78, 5) is 32.4. The molecule has 3 rings (SSSR count). The molecule has 0 aliphatic rings. The molecule has 0 aliphatic carbocycles. The van der Waals surface area contributed by atoms with E-state index in [2.05, 4.69) is 32.8 Å². The number of para-hydroxylation sites is 1. The zero-order valence-electron chi connectivity index (χ0n) is 16.6. The minimum absolute atomic E-state index is 0.178. The van der Waals surface area contributed by atoms with E-state index in [1.54, 1.807) is 36.5 Å². The van der Waals surface area contributed by atoms with Gasteiger partial charge in [0.2, 0.25) is 11.9 Å². The SMILES string of the molecule is CCc1cccc(C)c1Nc1nccc(C(=O)Nc2cccc(NC(C)=O)c2)n1. The summed E-state index contributed by atoms with van der Waals surface area (Å²) in [5.74, 6) is -0.188. The second-order valence-corrected chi connectivity index (χ2v) is 6.57. The average molecular weight is 389 g/mol. The molecule has 7 nitrogen and oxygen atoms in total. The minimum Gasteiger partial charge on any atom is -0.326 e. The highest BCUT2D eigenvalue weighted by Gasteiger charge is 2.12. The standard InChI is InChI=1S/C22H23N5O2/c1-4-16-8-5-7-14(2)20(16)27-22-23-12-11-19(26-22)21(29)25-18-10-6-9-17(13-18)24-15(3)28/h5-13H,4H2,1-3H3,(H,24,28)(H,25,29)(H,23,26,27). The molecule has 3 N–H and O–H groups in total. The van der Waals surface area contributed by atoms with E-state index in [0.717, 1.165) is 23.2 Å². The van der Waals surface area contributed by atoms with Crippen LogP contribution in [0.3, 0.4) is 0 Å². The fourth-order valence-corrected chi connectivity index (χ4v) is 2.93. The third-order valence-corrected chi connectivity index (χ3v) is 4.31. The largest absolute Gasteiger partial charge is 0.326 e. The van der Waals surface area contributed by atoms with Crippen molar-refractivity contribution < 1.29 is 9.59 Å². The number of nitrogens with one attached hydrogen (secondary N) is 3. The van der Waals surface area contributed by atoms with Crippen LogP contribution in [0.4, 0.5) is 23.0 Å². The number of anilines is 4. The van der Waals surface area contributed by atoms with Gasteiger partial charge in [0, 0.05) is 30.2 Å². The molecule has 29 heavy (non-hydrogen) atoms. The molecule has 0 atom stereocenters. The molecular weight excluding hydrogens is 366 g/mol. The summed E-state index contributed by atoms with van der Waals surface area (Å²) in [6.45, 7) is 5.53. The number of aromatic nitrogens is 2. The van der Waals surface area contributed by atoms with E-state index in [4.69, 9.17) is 0 Å². The van der Waals surface area contributed by atoms with Gasteiger partial charge in [-0.25, -0.2) is 9.97 Å².